The third-order valence-corrected chi connectivity index (χ3v) is 3.69. The van der Waals surface area contributed by atoms with E-state index in [9.17, 15) is 9.90 Å². The second kappa shape index (κ2) is 6.76. The lowest BCUT2D eigenvalue weighted by molar-refractivity contribution is -0.121. The van der Waals surface area contributed by atoms with Gasteiger partial charge in [-0.1, -0.05) is 25.1 Å². The van der Waals surface area contributed by atoms with Gasteiger partial charge in [0.25, 0.3) is 0 Å². The molecule has 1 aromatic heterocycles. The number of aliphatic hydroxyl groups excluding tert-OH is 1. The van der Waals surface area contributed by atoms with Crippen molar-refractivity contribution in [2.75, 3.05) is 6.54 Å². The van der Waals surface area contributed by atoms with Gasteiger partial charge in [-0.05, 0) is 37.8 Å². The Balaban J connectivity index is 1.96. The first kappa shape index (κ1) is 15.6. The van der Waals surface area contributed by atoms with Crippen LogP contribution in [0.4, 0.5) is 0 Å². The van der Waals surface area contributed by atoms with Gasteiger partial charge in [0.15, 0.2) is 0 Å². The Morgan fingerprint density at radius 2 is 2.05 bits per heavy atom. The summed E-state index contributed by atoms with van der Waals surface area (Å²) in [5.74, 6) is 0.283. The number of rotatable bonds is 6. The highest BCUT2D eigenvalue weighted by atomic mass is 16.3. The van der Waals surface area contributed by atoms with E-state index in [4.69, 9.17) is 0 Å². The minimum atomic E-state index is -0.326. The monoisotopic (exact) mass is 288 g/mol. The topological polar surface area (TPSA) is 54.3 Å². The summed E-state index contributed by atoms with van der Waals surface area (Å²) in [5.41, 5.74) is 2.27. The summed E-state index contributed by atoms with van der Waals surface area (Å²) < 4.78 is 1.99. The molecule has 2 rings (SSSR count). The number of benzene rings is 1. The number of nitrogens with zero attached hydrogens (tertiary/aromatic N) is 1. The lowest BCUT2D eigenvalue weighted by Crippen LogP contribution is -2.32. The molecule has 1 aromatic carbocycles. The maximum atomic E-state index is 12.1. The van der Waals surface area contributed by atoms with Crippen molar-refractivity contribution in [1.29, 1.82) is 0 Å². The van der Waals surface area contributed by atoms with Crippen LogP contribution in [0.1, 0.15) is 25.8 Å². The highest BCUT2D eigenvalue weighted by molar-refractivity contribution is 5.85. The predicted octanol–water partition coefficient (Wildman–Crippen LogP) is 2.47. The molecule has 21 heavy (non-hydrogen) atoms. The molecule has 0 fully saturated rings. The zero-order valence-electron chi connectivity index (χ0n) is 13.0. The van der Waals surface area contributed by atoms with E-state index >= 15 is 0 Å². The van der Waals surface area contributed by atoms with Gasteiger partial charge < -0.3 is 15.0 Å². The summed E-state index contributed by atoms with van der Waals surface area (Å²) in [6.45, 7) is 6.79. The van der Waals surface area contributed by atoms with Crippen LogP contribution < -0.4 is 5.32 Å². The standard InChI is InChI=1S/C17H24N2O2/c1-12(8-14(3)20)9-18-17(21)11-19-10-13(2)15-6-4-5-7-16(15)19/h4-7,10,12,14,20H,8-9,11H2,1-3H3,(H,18,21). The molecule has 0 aliphatic rings. The van der Waals surface area contributed by atoms with Gasteiger partial charge in [-0.3, -0.25) is 4.79 Å². The van der Waals surface area contributed by atoms with Crippen molar-refractivity contribution >= 4 is 16.8 Å². The molecular formula is C17H24N2O2. The zero-order valence-corrected chi connectivity index (χ0v) is 13.0. The Kier molecular flexibility index (Phi) is 5.02. The van der Waals surface area contributed by atoms with Crippen LogP contribution >= 0.6 is 0 Å². The van der Waals surface area contributed by atoms with Crippen LogP contribution in [-0.2, 0) is 11.3 Å². The van der Waals surface area contributed by atoms with Crippen LogP contribution in [0.3, 0.4) is 0 Å². The van der Waals surface area contributed by atoms with Crippen molar-refractivity contribution in [2.24, 2.45) is 5.92 Å². The lowest BCUT2D eigenvalue weighted by atomic mass is 10.1. The van der Waals surface area contributed by atoms with Gasteiger partial charge in [0, 0.05) is 23.6 Å². The Morgan fingerprint density at radius 3 is 2.76 bits per heavy atom. The smallest absolute Gasteiger partial charge is 0.239 e. The van der Waals surface area contributed by atoms with Gasteiger partial charge in [-0.2, -0.15) is 0 Å². The van der Waals surface area contributed by atoms with E-state index in [1.807, 2.05) is 35.9 Å². The van der Waals surface area contributed by atoms with Gasteiger partial charge in [0.2, 0.25) is 5.91 Å². The van der Waals surface area contributed by atoms with E-state index in [0.29, 0.717) is 19.5 Å². The highest BCUT2D eigenvalue weighted by Gasteiger charge is 2.11. The summed E-state index contributed by atoms with van der Waals surface area (Å²) in [7, 11) is 0. The Hall–Kier alpha value is -1.81. The molecule has 1 amide bonds. The number of carbonyl (C=O) groups is 1. The molecule has 0 saturated heterocycles. The number of para-hydroxylation sites is 1. The van der Waals surface area contributed by atoms with Crippen molar-refractivity contribution in [3.05, 3.63) is 36.0 Å². The number of aliphatic hydroxyl groups is 1. The number of carbonyl (C=O) groups excluding carboxylic acids is 1. The van der Waals surface area contributed by atoms with E-state index in [-0.39, 0.29) is 17.9 Å². The third kappa shape index (κ3) is 4.08. The minimum Gasteiger partial charge on any atom is -0.393 e. The van der Waals surface area contributed by atoms with Crippen molar-refractivity contribution in [3.8, 4) is 0 Å². The molecule has 2 unspecified atom stereocenters. The number of hydrogen-bond donors (Lipinski definition) is 2. The largest absolute Gasteiger partial charge is 0.393 e. The third-order valence-electron chi connectivity index (χ3n) is 3.69. The maximum absolute atomic E-state index is 12.1. The van der Waals surface area contributed by atoms with E-state index in [0.717, 1.165) is 5.52 Å². The Morgan fingerprint density at radius 1 is 1.33 bits per heavy atom. The molecule has 114 valence electrons. The van der Waals surface area contributed by atoms with Crippen LogP contribution in [0, 0.1) is 12.8 Å². The number of hydrogen-bond acceptors (Lipinski definition) is 2. The van der Waals surface area contributed by atoms with Gasteiger partial charge >= 0.3 is 0 Å². The number of aryl methyl sites for hydroxylation is 1. The van der Waals surface area contributed by atoms with E-state index in [1.54, 1.807) is 6.92 Å². The fourth-order valence-corrected chi connectivity index (χ4v) is 2.73. The predicted molar refractivity (Wildman–Crippen MR) is 85.1 cm³/mol. The Bertz CT molecular complexity index is 616. The van der Waals surface area contributed by atoms with Crippen molar-refractivity contribution in [1.82, 2.24) is 9.88 Å². The first-order valence-electron chi connectivity index (χ1n) is 7.46. The van der Waals surface area contributed by atoms with Crippen molar-refractivity contribution in [2.45, 2.75) is 39.8 Å². The fraction of sp³-hybridized carbons (Fsp3) is 0.471. The fourth-order valence-electron chi connectivity index (χ4n) is 2.73. The summed E-state index contributed by atoms with van der Waals surface area (Å²) in [6, 6.07) is 8.10. The van der Waals surface area contributed by atoms with E-state index in [2.05, 4.69) is 18.3 Å². The summed E-state index contributed by atoms with van der Waals surface area (Å²) in [5, 5.41) is 13.5. The molecule has 0 spiro atoms. The van der Waals surface area contributed by atoms with Gasteiger partial charge in [0.05, 0.1) is 6.10 Å². The molecule has 2 atom stereocenters. The van der Waals surface area contributed by atoms with Gasteiger partial charge in [-0.25, -0.2) is 0 Å². The molecule has 4 heteroatoms. The molecule has 4 nitrogen and oxygen atoms in total. The highest BCUT2D eigenvalue weighted by Crippen LogP contribution is 2.20. The SMILES string of the molecule is Cc1cn(CC(=O)NCC(C)CC(C)O)c2ccccc12. The van der Waals surface area contributed by atoms with Crippen LogP contribution in [0.2, 0.25) is 0 Å². The molecule has 0 aliphatic heterocycles. The molecule has 0 aliphatic carbocycles. The van der Waals surface area contributed by atoms with Crippen molar-refractivity contribution < 1.29 is 9.90 Å². The van der Waals surface area contributed by atoms with Crippen molar-refractivity contribution in [3.63, 3.8) is 0 Å². The van der Waals surface area contributed by atoms with Crippen LogP contribution in [0.15, 0.2) is 30.5 Å². The van der Waals surface area contributed by atoms with Gasteiger partial charge in [-0.15, -0.1) is 0 Å². The molecule has 2 aromatic rings. The molecule has 2 N–H and O–H groups in total. The molecular weight excluding hydrogens is 264 g/mol. The average molecular weight is 288 g/mol. The number of aromatic nitrogens is 1. The van der Waals surface area contributed by atoms with E-state index < -0.39 is 0 Å². The molecule has 0 saturated carbocycles. The number of nitrogens with one attached hydrogen (secondary N) is 1. The van der Waals surface area contributed by atoms with E-state index in [1.165, 1.54) is 10.9 Å². The summed E-state index contributed by atoms with van der Waals surface area (Å²) in [6.07, 6.45) is 2.39. The second-order valence-corrected chi connectivity index (χ2v) is 5.95. The van der Waals surface area contributed by atoms with Crippen LogP contribution in [-0.4, -0.2) is 28.2 Å². The second-order valence-electron chi connectivity index (χ2n) is 5.95. The van der Waals surface area contributed by atoms with Gasteiger partial charge in [0.1, 0.15) is 6.54 Å². The number of fused-ring (bicyclic) bond motifs is 1. The van der Waals surface area contributed by atoms with Crippen LogP contribution in [0.25, 0.3) is 10.9 Å². The van der Waals surface area contributed by atoms with Crippen LogP contribution in [0.5, 0.6) is 0 Å². The first-order chi connectivity index (χ1) is 9.97. The Labute approximate surface area is 125 Å². The summed E-state index contributed by atoms with van der Waals surface area (Å²) >= 11 is 0. The quantitative estimate of drug-likeness (QED) is 0.858. The number of amides is 1. The normalized spacial score (nSPS) is 14.1. The molecule has 0 bridgehead atoms. The summed E-state index contributed by atoms with van der Waals surface area (Å²) in [4.78, 5) is 12.1. The zero-order chi connectivity index (χ0) is 15.4. The lowest BCUT2D eigenvalue weighted by Gasteiger charge is -2.14. The first-order valence-corrected chi connectivity index (χ1v) is 7.46. The average Bonchev–Trinajstić information content (AvgIpc) is 2.73. The minimum absolute atomic E-state index is 0.00759. The molecule has 1 heterocycles. The maximum Gasteiger partial charge on any atom is 0.239 e. The molecule has 0 radical (unpaired) electrons.